The predicted octanol–water partition coefficient (Wildman–Crippen LogP) is 4.51. The Balaban J connectivity index is 1.68. The number of carbonyl (C=O) groups excluding carboxylic acids is 1. The standard InChI is InChI=1S/C22H19BrN2O4/c1-28-20-12-16(11-18(23)21(20)26)13-24-25-22(27)17-9-5-6-10-19(17)29-14-15-7-3-2-4-8-15/h2-13,26H,14H2,1H3,(H,25,27)/b24-13+. The molecule has 0 atom stereocenters. The summed E-state index contributed by atoms with van der Waals surface area (Å²) in [7, 11) is 1.45. The number of benzene rings is 3. The molecule has 3 rings (SSSR count). The zero-order valence-corrected chi connectivity index (χ0v) is 17.2. The summed E-state index contributed by atoms with van der Waals surface area (Å²) in [5.74, 6) is 0.373. The van der Waals surface area contributed by atoms with Crippen molar-refractivity contribution in [2.24, 2.45) is 5.10 Å². The molecule has 0 aliphatic heterocycles. The second-order valence-electron chi connectivity index (χ2n) is 6.02. The zero-order chi connectivity index (χ0) is 20.6. The number of carbonyl (C=O) groups is 1. The summed E-state index contributed by atoms with van der Waals surface area (Å²) in [5.41, 5.74) is 4.52. The third kappa shape index (κ3) is 5.36. The van der Waals surface area contributed by atoms with Crippen LogP contribution in [0.2, 0.25) is 0 Å². The summed E-state index contributed by atoms with van der Waals surface area (Å²) in [5, 5.41) is 13.8. The van der Waals surface area contributed by atoms with Crippen LogP contribution >= 0.6 is 15.9 Å². The van der Waals surface area contributed by atoms with Crippen LogP contribution in [0, 0.1) is 0 Å². The number of nitrogens with zero attached hydrogens (tertiary/aromatic N) is 1. The molecule has 0 spiro atoms. The molecule has 2 N–H and O–H groups in total. The van der Waals surface area contributed by atoms with E-state index < -0.39 is 5.91 Å². The van der Waals surface area contributed by atoms with Crippen molar-refractivity contribution in [3.63, 3.8) is 0 Å². The first-order chi connectivity index (χ1) is 14.1. The lowest BCUT2D eigenvalue weighted by molar-refractivity contribution is 0.0950. The maximum absolute atomic E-state index is 12.5. The number of para-hydroxylation sites is 1. The molecule has 0 saturated heterocycles. The fourth-order valence-electron chi connectivity index (χ4n) is 2.56. The predicted molar refractivity (Wildman–Crippen MR) is 115 cm³/mol. The van der Waals surface area contributed by atoms with E-state index in [1.807, 2.05) is 30.3 Å². The van der Waals surface area contributed by atoms with Crippen LogP contribution in [0.3, 0.4) is 0 Å². The van der Waals surface area contributed by atoms with Crippen LogP contribution in [-0.2, 0) is 6.61 Å². The van der Waals surface area contributed by atoms with Gasteiger partial charge in [0.2, 0.25) is 0 Å². The molecular formula is C22H19BrN2O4. The lowest BCUT2D eigenvalue weighted by atomic mass is 10.2. The molecule has 0 radical (unpaired) electrons. The van der Waals surface area contributed by atoms with Crippen LogP contribution in [0.4, 0.5) is 0 Å². The molecule has 7 heteroatoms. The molecule has 0 saturated carbocycles. The number of hydrogen-bond acceptors (Lipinski definition) is 5. The van der Waals surface area contributed by atoms with E-state index in [0.29, 0.717) is 33.7 Å². The number of hydrogen-bond donors (Lipinski definition) is 2. The number of halogens is 1. The number of phenolic OH excluding ortho intramolecular Hbond substituents is 1. The van der Waals surface area contributed by atoms with Crippen LogP contribution in [0.1, 0.15) is 21.5 Å². The Labute approximate surface area is 176 Å². The van der Waals surface area contributed by atoms with Gasteiger partial charge in [0.1, 0.15) is 12.4 Å². The van der Waals surface area contributed by atoms with Crippen molar-refractivity contribution in [1.29, 1.82) is 0 Å². The SMILES string of the molecule is COc1cc(/C=N/NC(=O)c2ccccc2OCc2ccccc2)cc(Br)c1O. The minimum absolute atomic E-state index is 0.00169. The van der Waals surface area contributed by atoms with Gasteiger partial charge in [-0.3, -0.25) is 4.79 Å². The smallest absolute Gasteiger partial charge is 0.275 e. The summed E-state index contributed by atoms with van der Waals surface area (Å²) in [4.78, 5) is 12.5. The highest BCUT2D eigenvalue weighted by molar-refractivity contribution is 9.10. The minimum Gasteiger partial charge on any atom is -0.503 e. The maximum atomic E-state index is 12.5. The van der Waals surface area contributed by atoms with Gasteiger partial charge in [0.25, 0.3) is 5.91 Å². The molecule has 0 bridgehead atoms. The van der Waals surface area contributed by atoms with Gasteiger partial charge in [0.05, 0.1) is 23.4 Å². The summed E-state index contributed by atoms with van der Waals surface area (Å²) in [6, 6.07) is 20.0. The van der Waals surface area contributed by atoms with E-state index in [-0.39, 0.29) is 5.75 Å². The number of phenols is 1. The Morgan fingerprint density at radius 3 is 2.59 bits per heavy atom. The average molecular weight is 455 g/mol. The average Bonchev–Trinajstić information content (AvgIpc) is 2.75. The quantitative estimate of drug-likeness (QED) is 0.406. The first-order valence-electron chi connectivity index (χ1n) is 8.74. The highest BCUT2D eigenvalue weighted by Crippen LogP contribution is 2.34. The number of nitrogens with one attached hydrogen (secondary N) is 1. The van der Waals surface area contributed by atoms with E-state index in [4.69, 9.17) is 9.47 Å². The Bertz CT molecular complexity index is 1020. The molecule has 0 aliphatic rings. The molecule has 0 aliphatic carbocycles. The van der Waals surface area contributed by atoms with Gasteiger partial charge in [-0.2, -0.15) is 5.10 Å². The molecule has 3 aromatic carbocycles. The fraction of sp³-hybridized carbons (Fsp3) is 0.0909. The van der Waals surface area contributed by atoms with Gasteiger partial charge >= 0.3 is 0 Å². The van der Waals surface area contributed by atoms with Crippen molar-refractivity contribution in [1.82, 2.24) is 5.43 Å². The van der Waals surface area contributed by atoms with Crippen LogP contribution < -0.4 is 14.9 Å². The van der Waals surface area contributed by atoms with Crippen molar-refractivity contribution in [2.45, 2.75) is 6.61 Å². The summed E-state index contributed by atoms with van der Waals surface area (Å²) in [6.45, 7) is 0.357. The van der Waals surface area contributed by atoms with Gasteiger partial charge in [0, 0.05) is 0 Å². The highest BCUT2D eigenvalue weighted by atomic mass is 79.9. The van der Waals surface area contributed by atoms with E-state index >= 15 is 0 Å². The molecule has 0 heterocycles. The Morgan fingerprint density at radius 2 is 1.83 bits per heavy atom. The van der Waals surface area contributed by atoms with Gasteiger partial charge in [-0.1, -0.05) is 42.5 Å². The molecule has 0 fully saturated rings. The van der Waals surface area contributed by atoms with Crippen molar-refractivity contribution in [3.8, 4) is 17.2 Å². The van der Waals surface area contributed by atoms with E-state index in [1.54, 1.807) is 36.4 Å². The van der Waals surface area contributed by atoms with Crippen LogP contribution in [0.25, 0.3) is 0 Å². The normalized spacial score (nSPS) is 10.7. The van der Waals surface area contributed by atoms with E-state index in [0.717, 1.165) is 5.56 Å². The second-order valence-corrected chi connectivity index (χ2v) is 6.88. The first kappa shape index (κ1) is 20.4. The van der Waals surface area contributed by atoms with Crippen molar-refractivity contribution in [2.75, 3.05) is 7.11 Å². The van der Waals surface area contributed by atoms with Gasteiger partial charge < -0.3 is 14.6 Å². The topological polar surface area (TPSA) is 80.2 Å². The van der Waals surface area contributed by atoms with Crippen molar-refractivity contribution in [3.05, 3.63) is 87.9 Å². The third-order valence-electron chi connectivity index (χ3n) is 4.02. The number of rotatable bonds is 7. The number of aromatic hydroxyl groups is 1. The summed E-state index contributed by atoms with van der Waals surface area (Å²) >= 11 is 3.25. The van der Waals surface area contributed by atoms with E-state index in [1.165, 1.54) is 13.3 Å². The number of methoxy groups -OCH3 is 1. The number of amides is 1. The van der Waals surface area contributed by atoms with Crippen LogP contribution in [0.5, 0.6) is 17.2 Å². The molecule has 148 valence electrons. The molecule has 1 amide bonds. The van der Waals surface area contributed by atoms with E-state index in [2.05, 4.69) is 26.5 Å². The third-order valence-corrected chi connectivity index (χ3v) is 4.62. The van der Waals surface area contributed by atoms with Gasteiger partial charge in [-0.25, -0.2) is 5.43 Å². The highest BCUT2D eigenvalue weighted by Gasteiger charge is 2.12. The Kier molecular flexibility index (Phi) is 6.86. The minimum atomic E-state index is -0.394. The zero-order valence-electron chi connectivity index (χ0n) is 15.6. The second kappa shape index (κ2) is 9.75. The lowest BCUT2D eigenvalue weighted by Crippen LogP contribution is -2.18. The van der Waals surface area contributed by atoms with Gasteiger partial charge in [-0.15, -0.1) is 0 Å². The molecule has 6 nitrogen and oxygen atoms in total. The molecule has 0 unspecified atom stereocenters. The Morgan fingerprint density at radius 1 is 1.10 bits per heavy atom. The fourth-order valence-corrected chi connectivity index (χ4v) is 3.02. The first-order valence-corrected chi connectivity index (χ1v) is 9.53. The summed E-state index contributed by atoms with van der Waals surface area (Å²) in [6.07, 6.45) is 1.46. The monoisotopic (exact) mass is 454 g/mol. The van der Waals surface area contributed by atoms with Crippen LogP contribution in [-0.4, -0.2) is 24.3 Å². The van der Waals surface area contributed by atoms with Crippen molar-refractivity contribution >= 4 is 28.1 Å². The van der Waals surface area contributed by atoms with Crippen LogP contribution in [0.15, 0.2) is 76.3 Å². The maximum Gasteiger partial charge on any atom is 0.275 e. The molecular weight excluding hydrogens is 436 g/mol. The molecule has 29 heavy (non-hydrogen) atoms. The van der Waals surface area contributed by atoms with Gasteiger partial charge in [0.15, 0.2) is 11.5 Å². The molecule has 3 aromatic rings. The van der Waals surface area contributed by atoms with Gasteiger partial charge in [-0.05, 0) is 51.3 Å². The molecule has 0 aromatic heterocycles. The summed E-state index contributed by atoms with van der Waals surface area (Å²) < 4.78 is 11.4. The largest absolute Gasteiger partial charge is 0.503 e. The number of ether oxygens (including phenoxy) is 2. The van der Waals surface area contributed by atoms with E-state index in [9.17, 15) is 9.90 Å². The Hall–Kier alpha value is -3.32. The van der Waals surface area contributed by atoms with Crippen molar-refractivity contribution < 1.29 is 19.4 Å². The lowest BCUT2D eigenvalue weighted by Gasteiger charge is -2.10. The number of hydrazone groups is 1.